The first kappa shape index (κ1) is 11.9. The van der Waals surface area contributed by atoms with Crippen molar-refractivity contribution in [2.24, 2.45) is 17.8 Å². The SMILES string of the molecule is C[C@@H]1C[C@H]2Cc3ncccc3[C@]3(C1)NCC[C@@H](O)[C@H]23. The summed E-state index contributed by atoms with van der Waals surface area (Å²) < 4.78 is 0. The van der Waals surface area contributed by atoms with Crippen LogP contribution in [-0.2, 0) is 12.0 Å². The zero-order valence-corrected chi connectivity index (χ0v) is 11.5. The van der Waals surface area contributed by atoms with Gasteiger partial charge >= 0.3 is 0 Å². The van der Waals surface area contributed by atoms with Gasteiger partial charge in [0.15, 0.2) is 0 Å². The first-order valence-electron chi connectivity index (χ1n) is 7.58. The van der Waals surface area contributed by atoms with E-state index in [-0.39, 0.29) is 11.6 Å². The van der Waals surface area contributed by atoms with Crippen LogP contribution in [0.4, 0.5) is 0 Å². The van der Waals surface area contributed by atoms with Gasteiger partial charge in [-0.3, -0.25) is 4.98 Å². The Balaban J connectivity index is 1.91. The number of hydrogen-bond donors (Lipinski definition) is 2. The third-order valence-electron chi connectivity index (χ3n) is 5.57. The lowest BCUT2D eigenvalue weighted by Gasteiger charge is -2.58. The molecule has 0 aromatic carbocycles. The van der Waals surface area contributed by atoms with Crippen molar-refractivity contribution in [3.63, 3.8) is 0 Å². The van der Waals surface area contributed by atoms with E-state index in [1.807, 2.05) is 12.3 Å². The maximum absolute atomic E-state index is 10.6. The number of aromatic nitrogens is 1. The number of nitrogens with one attached hydrogen (secondary N) is 1. The maximum Gasteiger partial charge on any atom is 0.0604 e. The van der Waals surface area contributed by atoms with Gasteiger partial charge in [0.2, 0.25) is 0 Å². The summed E-state index contributed by atoms with van der Waals surface area (Å²) in [6, 6.07) is 4.28. The van der Waals surface area contributed by atoms with E-state index in [0.29, 0.717) is 11.8 Å². The summed E-state index contributed by atoms with van der Waals surface area (Å²) in [6.45, 7) is 3.28. The Hall–Kier alpha value is -0.930. The normalized spacial score (nSPS) is 44.3. The quantitative estimate of drug-likeness (QED) is 0.746. The molecular formula is C16H22N2O. The fourth-order valence-corrected chi connectivity index (χ4v) is 5.14. The summed E-state index contributed by atoms with van der Waals surface area (Å²) in [4.78, 5) is 4.62. The van der Waals surface area contributed by atoms with Crippen LogP contribution in [0.2, 0.25) is 0 Å². The minimum Gasteiger partial charge on any atom is -0.393 e. The van der Waals surface area contributed by atoms with Gasteiger partial charge in [-0.25, -0.2) is 0 Å². The second-order valence-corrected chi connectivity index (χ2v) is 6.79. The smallest absolute Gasteiger partial charge is 0.0604 e. The highest BCUT2D eigenvalue weighted by atomic mass is 16.3. The summed E-state index contributed by atoms with van der Waals surface area (Å²) >= 11 is 0. The molecule has 2 N–H and O–H groups in total. The predicted octanol–water partition coefficient (Wildman–Crippen LogP) is 1.85. The monoisotopic (exact) mass is 258 g/mol. The second-order valence-electron chi connectivity index (χ2n) is 6.79. The highest BCUT2D eigenvalue weighted by Crippen LogP contribution is 2.55. The molecular weight excluding hydrogens is 236 g/mol. The Bertz CT molecular complexity index is 503. The zero-order chi connectivity index (χ0) is 13.0. The van der Waals surface area contributed by atoms with Gasteiger partial charge in [-0.15, -0.1) is 0 Å². The van der Waals surface area contributed by atoms with Gasteiger partial charge in [0.25, 0.3) is 0 Å². The Kier molecular flexibility index (Phi) is 2.52. The van der Waals surface area contributed by atoms with Crippen LogP contribution in [0.3, 0.4) is 0 Å². The summed E-state index contributed by atoms with van der Waals surface area (Å²) in [5.41, 5.74) is 2.61. The van der Waals surface area contributed by atoms with Gasteiger partial charge < -0.3 is 10.4 Å². The average Bonchev–Trinajstić information content (AvgIpc) is 2.38. The van der Waals surface area contributed by atoms with Crippen LogP contribution >= 0.6 is 0 Å². The standard InChI is InChI=1S/C16H22N2O/c1-10-7-11-8-13-12(3-2-5-17-13)16(9-10)15(11)14(19)4-6-18-16/h2-3,5,10-11,14-15,18-19H,4,6-9H2,1H3/t10-,11+,14-,15+,16+/m1/s1. The van der Waals surface area contributed by atoms with Crippen LogP contribution in [0.25, 0.3) is 0 Å². The van der Waals surface area contributed by atoms with Crippen LogP contribution in [0.5, 0.6) is 0 Å². The molecule has 1 aromatic rings. The molecule has 2 heterocycles. The Morgan fingerprint density at radius 1 is 1.47 bits per heavy atom. The van der Waals surface area contributed by atoms with E-state index in [1.54, 1.807) is 0 Å². The van der Waals surface area contributed by atoms with Gasteiger partial charge in [0.1, 0.15) is 0 Å². The van der Waals surface area contributed by atoms with Crippen LogP contribution < -0.4 is 5.32 Å². The molecule has 0 unspecified atom stereocenters. The largest absolute Gasteiger partial charge is 0.393 e. The molecule has 19 heavy (non-hydrogen) atoms. The van der Waals surface area contributed by atoms with Crippen LogP contribution in [0, 0.1) is 17.8 Å². The van der Waals surface area contributed by atoms with E-state index in [9.17, 15) is 5.11 Å². The zero-order valence-electron chi connectivity index (χ0n) is 11.5. The highest BCUT2D eigenvalue weighted by Gasteiger charge is 2.56. The number of aliphatic hydroxyl groups is 1. The first-order valence-corrected chi connectivity index (χ1v) is 7.58. The molecule has 102 valence electrons. The number of nitrogens with zero attached hydrogens (tertiary/aromatic N) is 1. The van der Waals surface area contributed by atoms with Gasteiger partial charge in [-0.2, -0.15) is 0 Å². The summed E-state index contributed by atoms with van der Waals surface area (Å²) in [5, 5.41) is 14.3. The third kappa shape index (κ3) is 1.55. The van der Waals surface area contributed by atoms with Crippen molar-refractivity contribution in [2.45, 2.75) is 44.2 Å². The van der Waals surface area contributed by atoms with Crippen molar-refractivity contribution in [2.75, 3.05) is 6.54 Å². The van der Waals surface area contributed by atoms with Crippen molar-refractivity contribution < 1.29 is 5.11 Å². The first-order chi connectivity index (χ1) is 9.21. The second kappa shape index (κ2) is 4.03. The third-order valence-corrected chi connectivity index (χ3v) is 5.57. The van der Waals surface area contributed by atoms with Crippen molar-refractivity contribution in [3.05, 3.63) is 29.6 Å². The van der Waals surface area contributed by atoms with E-state index in [4.69, 9.17) is 0 Å². The Morgan fingerprint density at radius 2 is 2.37 bits per heavy atom. The Morgan fingerprint density at radius 3 is 3.26 bits per heavy atom. The molecule has 0 amide bonds. The average molecular weight is 258 g/mol. The van der Waals surface area contributed by atoms with E-state index >= 15 is 0 Å². The fourth-order valence-electron chi connectivity index (χ4n) is 5.14. The number of rotatable bonds is 0. The molecule has 2 aliphatic carbocycles. The van der Waals surface area contributed by atoms with Crippen molar-refractivity contribution in [1.82, 2.24) is 10.3 Å². The van der Waals surface area contributed by atoms with Crippen LogP contribution in [0.15, 0.2) is 18.3 Å². The van der Waals surface area contributed by atoms with Gasteiger partial charge in [0, 0.05) is 17.8 Å². The molecule has 1 aliphatic heterocycles. The minimum atomic E-state index is -0.146. The molecule has 1 saturated heterocycles. The number of fused-ring (bicyclic) bond motifs is 1. The molecule has 5 atom stereocenters. The van der Waals surface area contributed by atoms with Gasteiger partial charge in [-0.05, 0) is 55.7 Å². The number of aliphatic hydroxyl groups excluding tert-OH is 1. The fraction of sp³-hybridized carbons (Fsp3) is 0.688. The minimum absolute atomic E-state index is 0.0121. The van der Waals surface area contributed by atoms with Crippen LogP contribution in [-0.4, -0.2) is 22.7 Å². The topological polar surface area (TPSA) is 45.2 Å². The van der Waals surface area contributed by atoms with Crippen LogP contribution in [0.1, 0.15) is 37.4 Å². The Labute approximate surface area is 114 Å². The summed E-state index contributed by atoms with van der Waals surface area (Å²) in [6.07, 6.45) is 6.09. The van der Waals surface area contributed by atoms with Gasteiger partial charge in [-0.1, -0.05) is 13.0 Å². The van der Waals surface area contributed by atoms with Gasteiger partial charge in [0.05, 0.1) is 11.6 Å². The van der Waals surface area contributed by atoms with E-state index in [2.05, 4.69) is 23.3 Å². The molecule has 3 aliphatic rings. The van der Waals surface area contributed by atoms with E-state index in [0.717, 1.165) is 31.7 Å². The molecule has 1 aromatic heterocycles. The molecule has 1 saturated carbocycles. The predicted molar refractivity (Wildman–Crippen MR) is 73.6 cm³/mol. The lowest BCUT2D eigenvalue weighted by molar-refractivity contribution is -0.0759. The van der Waals surface area contributed by atoms with E-state index in [1.165, 1.54) is 17.7 Å². The van der Waals surface area contributed by atoms with Crippen molar-refractivity contribution >= 4 is 0 Å². The maximum atomic E-state index is 10.6. The molecule has 4 rings (SSSR count). The number of hydrogen-bond acceptors (Lipinski definition) is 3. The molecule has 2 fully saturated rings. The molecule has 3 nitrogen and oxygen atoms in total. The van der Waals surface area contributed by atoms with Crippen molar-refractivity contribution in [3.8, 4) is 0 Å². The number of pyridine rings is 1. The van der Waals surface area contributed by atoms with E-state index < -0.39 is 0 Å². The number of piperidine rings is 1. The molecule has 3 heteroatoms. The lowest BCUT2D eigenvalue weighted by Crippen LogP contribution is -2.64. The lowest BCUT2D eigenvalue weighted by atomic mass is 9.53. The summed E-state index contributed by atoms with van der Waals surface area (Å²) in [5.74, 6) is 1.70. The molecule has 2 bridgehead atoms. The highest BCUT2D eigenvalue weighted by molar-refractivity contribution is 5.36. The van der Waals surface area contributed by atoms with Crippen molar-refractivity contribution in [1.29, 1.82) is 0 Å². The molecule has 0 spiro atoms. The molecule has 0 radical (unpaired) electrons. The summed E-state index contributed by atoms with van der Waals surface area (Å²) in [7, 11) is 0.